The first-order valence-electron chi connectivity index (χ1n) is 5.26. The zero-order valence-corrected chi connectivity index (χ0v) is 10.3. The minimum absolute atomic E-state index is 0.00711. The van der Waals surface area contributed by atoms with Gasteiger partial charge in [-0.3, -0.25) is 4.98 Å². The summed E-state index contributed by atoms with van der Waals surface area (Å²) >= 11 is 0. The normalized spacial score (nSPS) is 21.4. The molecule has 0 saturated carbocycles. The monoisotopic (exact) mass is 268 g/mol. The van der Waals surface area contributed by atoms with Gasteiger partial charge < -0.3 is 10.5 Å². The first-order chi connectivity index (χ1) is 8.55. The number of morpholine rings is 1. The maximum Gasteiger partial charge on any atom is 0.246 e. The van der Waals surface area contributed by atoms with Gasteiger partial charge in [0, 0.05) is 18.9 Å². The summed E-state index contributed by atoms with van der Waals surface area (Å²) in [7, 11) is -3.72. The quantitative estimate of drug-likeness (QED) is 0.780. The standard InChI is InChI=1S/C10H12N4O3S/c11-5-8-7-14(3-4-17-8)18(15,16)10-6-13-2-1-9(10)12/h1-2,6,8H,3-4,7H2,(H2,12,13). The summed E-state index contributed by atoms with van der Waals surface area (Å²) < 4.78 is 30.9. The molecule has 0 spiro atoms. The van der Waals surface area contributed by atoms with Crippen LogP contribution in [0.3, 0.4) is 0 Å². The molecule has 1 fully saturated rings. The number of aromatic nitrogens is 1. The van der Waals surface area contributed by atoms with Crippen LogP contribution < -0.4 is 5.73 Å². The van der Waals surface area contributed by atoms with Crippen LogP contribution in [0.15, 0.2) is 23.4 Å². The molecule has 1 atom stereocenters. The summed E-state index contributed by atoms with van der Waals surface area (Å²) in [6, 6.07) is 3.32. The molecule has 2 heterocycles. The van der Waals surface area contributed by atoms with E-state index in [0.29, 0.717) is 0 Å². The number of hydrogen-bond donors (Lipinski definition) is 1. The van der Waals surface area contributed by atoms with Crippen LogP contribution in [0.2, 0.25) is 0 Å². The Hall–Kier alpha value is -1.69. The molecule has 0 bridgehead atoms. The van der Waals surface area contributed by atoms with E-state index in [1.54, 1.807) is 0 Å². The number of pyridine rings is 1. The van der Waals surface area contributed by atoms with E-state index in [0.717, 1.165) is 0 Å². The first-order valence-corrected chi connectivity index (χ1v) is 6.70. The Morgan fingerprint density at radius 3 is 3.06 bits per heavy atom. The zero-order valence-electron chi connectivity index (χ0n) is 9.48. The molecule has 0 radical (unpaired) electrons. The molecule has 0 amide bonds. The molecule has 1 aromatic rings. The fourth-order valence-corrected chi connectivity index (χ4v) is 3.15. The van der Waals surface area contributed by atoms with Crippen molar-refractivity contribution in [1.82, 2.24) is 9.29 Å². The third-order valence-corrected chi connectivity index (χ3v) is 4.52. The maximum absolute atomic E-state index is 12.3. The van der Waals surface area contributed by atoms with Crippen molar-refractivity contribution < 1.29 is 13.2 Å². The molecule has 1 aliphatic heterocycles. The van der Waals surface area contributed by atoms with Gasteiger partial charge in [0.25, 0.3) is 0 Å². The Kier molecular flexibility index (Phi) is 3.47. The Balaban J connectivity index is 2.32. The van der Waals surface area contributed by atoms with Crippen molar-refractivity contribution in [2.75, 3.05) is 25.4 Å². The topological polar surface area (TPSA) is 109 Å². The van der Waals surface area contributed by atoms with Crippen molar-refractivity contribution in [2.45, 2.75) is 11.0 Å². The van der Waals surface area contributed by atoms with Crippen LogP contribution in [0, 0.1) is 11.3 Å². The average molecular weight is 268 g/mol. The predicted molar refractivity (Wildman–Crippen MR) is 62.8 cm³/mol. The minimum Gasteiger partial charge on any atom is -0.398 e. The summed E-state index contributed by atoms with van der Waals surface area (Å²) in [6.45, 7) is 0.402. The Morgan fingerprint density at radius 2 is 2.39 bits per heavy atom. The number of nitrogens with zero attached hydrogens (tertiary/aromatic N) is 3. The summed E-state index contributed by atoms with van der Waals surface area (Å²) in [4.78, 5) is 3.73. The van der Waals surface area contributed by atoms with E-state index in [2.05, 4.69) is 4.98 Å². The van der Waals surface area contributed by atoms with E-state index < -0.39 is 16.1 Å². The summed E-state index contributed by atoms with van der Waals surface area (Å²) in [6.07, 6.45) is 1.89. The predicted octanol–water partition coefficient (Wildman–Crippen LogP) is -0.423. The second kappa shape index (κ2) is 4.89. The average Bonchev–Trinajstić information content (AvgIpc) is 2.39. The van der Waals surface area contributed by atoms with Crippen LogP contribution in [-0.4, -0.2) is 43.5 Å². The number of nitrogens with two attached hydrogens (primary N) is 1. The van der Waals surface area contributed by atoms with Gasteiger partial charge in [0.1, 0.15) is 4.90 Å². The smallest absolute Gasteiger partial charge is 0.246 e. The first kappa shape index (κ1) is 12.8. The third kappa shape index (κ3) is 2.28. The minimum atomic E-state index is -3.72. The van der Waals surface area contributed by atoms with Crippen LogP contribution in [0.4, 0.5) is 5.69 Å². The Labute approximate surface area is 105 Å². The van der Waals surface area contributed by atoms with Crippen LogP contribution in [0.25, 0.3) is 0 Å². The number of nitrogen functional groups attached to an aromatic ring is 1. The number of sulfonamides is 1. The van der Waals surface area contributed by atoms with Crippen molar-refractivity contribution >= 4 is 15.7 Å². The van der Waals surface area contributed by atoms with Crippen LogP contribution in [0.1, 0.15) is 0 Å². The highest BCUT2D eigenvalue weighted by molar-refractivity contribution is 7.89. The van der Waals surface area contributed by atoms with E-state index in [-0.39, 0.29) is 30.3 Å². The lowest BCUT2D eigenvalue weighted by atomic mass is 10.3. The van der Waals surface area contributed by atoms with E-state index in [9.17, 15) is 8.42 Å². The van der Waals surface area contributed by atoms with Crippen LogP contribution in [-0.2, 0) is 14.8 Å². The second-order valence-corrected chi connectivity index (χ2v) is 5.67. The zero-order chi connectivity index (χ0) is 13.2. The highest BCUT2D eigenvalue weighted by atomic mass is 32.2. The number of nitriles is 1. The number of ether oxygens (including phenoxy) is 1. The fraction of sp³-hybridized carbons (Fsp3) is 0.400. The van der Waals surface area contributed by atoms with Crippen LogP contribution >= 0.6 is 0 Å². The molecular formula is C10H12N4O3S. The highest BCUT2D eigenvalue weighted by Crippen LogP contribution is 2.22. The molecule has 8 heteroatoms. The molecule has 1 aliphatic rings. The van der Waals surface area contributed by atoms with Crippen molar-refractivity contribution in [3.8, 4) is 6.07 Å². The number of anilines is 1. The van der Waals surface area contributed by atoms with Crippen molar-refractivity contribution in [3.63, 3.8) is 0 Å². The number of rotatable bonds is 2. The molecule has 18 heavy (non-hydrogen) atoms. The van der Waals surface area contributed by atoms with E-state index in [4.69, 9.17) is 15.7 Å². The van der Waals surface area contributed by atoms with Gasteiger partial charge in [0.2, 0.25) is 10.0 Å². The lowest BCUT2D eigenvalue weighted by Gasteiger charge is -2.29. The lowest BCUT2D eigenvalue weighted by molar-refractivity contribution is 0.0311. The Bertz CT molecular complexity index is 581. The molecule has 0 aliphatic carbocycles. The SMILES string of the molecule is N#CC1CN(S(=O)(=O)c2cnccc2N)CCO1. The molecule has 96 valence electrons. The van der Waals surface area contributed by atoms with E-state index in [1.165, 1.54) is 22.8 Å². The number of hydrogen-bond acceptors (Lipinski definition) is 6. The molecule has 1 saturated heterocycles. The molecular weight excluding hydrogens is 256 g/mol. The molecule has 1 unspecified atom stereocenters. The molecule has 2 N–H and O–H groups in total. The van der Waals surface area contributed by atoms with E-state index >= 15 is 0 Å². The lowest BCUT2D eigenvalue weighted by Crippen LogP contribution is -2.45. The van der Waals surface area contributed by atoms with Gasteiger partial charge in [-0.2, -0.15) is 9.57 Å². The van der Waals surface area contributed by atoms with E-state index in [1.807, 2.05) is 6.07 Å². The van der Waals surface area contributed by atoms with Crippen LogP contribution in [0.5, 0.6) is 0 Å². The maximum atomic E-state index is 12.3. The largest absolute Gasteiger partial charge is 0.398 e. The highest BCUT2D eigenvalue weighted by Gasteiger charge is 2.32. The van der Waals surface area contributed by atoms with Gasteiger partial charge >= 0.3 is 0 Å². The van der Waals surface area contributed by atoms with Gasteiger partial charge in [-0.15, -0.1) is 0 Å². The van der Waals surface area contributed by atoms with Gasteiger partial charge in [-0.1, -0.05) is 0 Å². The summed E-state index contributed by atoms with van der Waals surface area (Å²) in [5, 5.41) is 8.77. The molecule has 7 nitrogen and oxygen atoms in total. The molecule has 0 aromatic carbocycles. The fourth-order valence-electron chi connectivity index (χ4n) is 1.67. The summed E-state index contributed by atoms with van der Waals surface area (Å²) in [5.74, 6) is 0. The van der Waals surface area contributed by atoms with Crippen molar-refractivity contribution in [1.29, 1.82) is 5.26 Å². The van der Waals surface area contributed by atoms with Crippen molar-refractivity contribution in [2.24, 2.45) is 0 Å². The van der Waals surface area contributed by atoms with Gasteiger partial charge in [-0.25, -0.2) is 8.42 Å². The van der Waals surface area contributed by atoms with Gasteiger partial charge in [0.15, 0.2) is 6.10 Å². The summed E-state index contributed by atoms with van der Waals surface area (Å²) in [5.41, 5.74) is 5.78. The van der Waals surface area contributed by atoms with Crippen molar-refractivity contribution in [3.05, 3.63) is 18.5 Å². The molecule has 1 aromatic heterocycles. The molecule has 2 rings (SSSR count). The van der Waals surface area contributed by atoms with Gasteiger partial charge in [0.05, 0.1) is 24.9 Å². The third-order valence-electron chi connectivity index (χ3n) is 2.61. The van der Waals surface area contributed by atoms with Gasteiger partial charge in [-0.05, 0) is 6.07 Å². The second-order valence-electron chi connectivity index (χ2n) is 3.77. The Morgan fingerprint density at radius 1 is 1.61 bits per heavy atom.